The molecule has 0 heterocycles. The molecule has 1 unspecified atom stereocenters. The van der Waals surface area contributed by atoms with Gasteiger partial charge in [0.25, 0.3) is 0 Å². The molecule has 0 aromatic heterocycles. The van der Waals surface area contributed by atoms with Gasteiger partial charge in [-0.2, -0.15) is 0 Å². The fourth-order valence-corrected chi connectivity index (χ4v) is 8.68. The smallest absolute Gasteiger partial charge is 0.303 e. The van der Waals surface area contributed by atoms with Crippen LogP contribution in [-0.4, -0.2) is 28.5 Å². The van der Waals surface area contributed by atoms with Crippen LogP contribution in [0.15, 0.2) is 0 Å². The zero-order valence-corrected chi connectivity index (χ0v) is 17.9. The Labute approximate surface area is 169 Å². The Morgan fingerprint density at radius 1 is 1.07 bits per heavy atom. The average molecular weight is 395 g/mol. The first kappa shape index (κ1) is 20.6. The molecule has 4 fully saturated rings. The second-order valence-corrected chi connectivity index (χ2v) is 11.3. The SMILES string of the molecule is C[C@H](CCC(=O)O)[C@H]1CC[C@H]2[C@@H]3C(F)C[C@@H]4C[C@H](O)CC[C@]4(C)[C@H]3CC[C@]12C. The molecule has 28 heavy (non-hydrogen) atoms. The topological polar surface area (TPSA) is 57.5 Å². The normalized spacial score (nSPS) is 51.7. The standard InChI is InChI=1S/C24H39FO3/c1-14(4-7-21(27)28)17-5-6-18-22-19(9-11-24(17,18)3)23(2)10-8-16(26)12-15(23)13-20(22)25/h14-20,22,26H,4-13H2,1-3H3,(H,27,28)/t14-,15+,16-,17-,18+,19+,20?,22+,23+,24-/m1/s1. The highest BCUT2D eigenvalue weighted by atomic mass is 19.1. The van der Waals surface area contributed by atoms with Crippen molar-refractivity contribution in [1.29, 1.82) is 0 Å². The molecule has 3 nitrogen and oxygen atoms in total. The number of fused-ring (bicyclic) bond motifs is 5. The Kier molecular flexibility index (Phi) is 5.34. The highest BCUT2D eigenvalue weighted by Crippen LogP contribution is 2.68. The number of aliphatic hydroxyl groups is 1. The summed E-state index contributed by atoms with van der Waals surface area (Å²) in [5.41, 5.74) is 0.363. The number of hydrogen-bond acceptors (Lipinski definition) is 2. The lowest BCUT2D eigenvalue weighted by atomic mass is 9.44. The number of alkyl halides is 1. The van der Waals surface area contributed by atoms with Crippen LogP contribution < -0.4 is 0 Å². The second kappa shape index (κ2) is 7.25. The lowest BCUT2D eigenvalue weighted by Gasteiger charge is -2.62. The fourth-order valence-electron chi connectivity index (χ4n) is 8.68. The summed E-state index contributed by atoms with van der Waals surface area (Å²) in [7, 11) is 0. The van der Waals surface area contributed by atoms with E-state index in [-0.39, 0.29) is 29.3 Å². The van der Waals surface area contributed by atoms with Crippen LogP contribution >= 0.6 is 0 Å². The van der Waals surface area contributed by atoms with Crippen LogP contribution in [-0.2, 0) is 4.79 Å². The van der Waals surface area contributed by atoms with Crippen LogP contribution in [0.2, 0.25) is 0 Å². The first-order valence-corrected chi connectivity index (χ1v) is 11.7. The van der Waals surface area contributed by atoms with Gasteiger partial charge in [0.05, 0.1) is 6.10 Å². The number of aliphatic hydroxyl groups excluding tert-OH is 1. The summed E-state index contributed by atoms with van der Waals surface area (Å²) in [4.78, 5) is 11.0. The van der Waals surface area contributed by atoms with Gasteiger partial charge in [-0.1, -0.05) is 20.8 Å². The summed E-state index contributed by atoms with van der Waals surface area (Å²) >= 11 is 0. The molecular weight excluding hydrogens is 355 g/mol. The van der Waals surface area contributed by atoms with E-state index in [0.29, 0.717) is 36.0 Å². The third-order valence-corrected chi connectivity index (χ3v) is 10.2. The minimum Gasteiger partial charge on any atom is -0.481 e. The van der Waals surface area contributed by atoms with Gasteiger partial charge < -0.3 is 10.2 Å². The first-order chi connectivity index (χ1) is 13.2. The Balaban J connectivity index is 1.55. The molecule has 4 saturated carbocycles. The second-order valence-electron chi connectivity index (χ2n) is 11.3. The summed E-state index contributed by atoms with van der Waals surface area (Å²) in [6, 6.07) is 0. The number of rotatable bonds is 4. The molecule has 0 spiro atoms. The number of carboxylic acids is 1. The van der Waals surface area contributed by atoms with Crippen LogP contribution in [0.4, 0.5) is 4.39 Å². The average Bonchev–Trinajstić information content (AvgIpc) is 2.98. The summed E-state index contributed by atoms with van der Waals surface area (Å²) in [5, 5.41) is 19.2. The zero-order chi connectivity index (χ0) is 20.3. The van der Waals surface area contributed by atoms with Gasteiger partial charge in [0, 0.05) is 6.42 Å². The molecular formula is C24H39FO3. The number of aliphatic carboxylic acids is 1. The van der Waals surface area contributed by atoms with Crippen LogP contribution in [0.25, 0.3) is 0 Å². The summed E-state index contributed by atoms with van der Waals surface area (Å²) in [5.74, 6) is 1.64. The highest BCUT2D eigenvalue weighted by molar-refractivity contribution is 5.66. The minimum absolute atomic E-state index is 0.167. The molecule has 4 aliphatic rings. The van der Waals surface area contributed by atoms with Gasteiger partial charge in [0.2, 0.25) is 0 Å². The van der Waals surface area contributed by atoms with E-state index < -0.39 is 12.1 Å². The summed E-state index contributed by atoms with van der Waals surface area (Å²) < 4.78 is 15.6. The molecule has 10 atom stereocenters. The molecule has 4 rings (SSSR count). The molecule has 160 valence electrons. The molecule has 0 radical (unpaired) electrons. The molecule has 4 heteroatoms. The molecule has 0 amide bonds. The molecule has 0 aromatic carbocycles. The van der Waals surface area contributed by atoms with E-state index in [1.54, 1.807) is 0 Å². The fraction of sp³-hybridized carbons (Fsp3) is 0.958. The van der Waals surface area contributed by atoms with Crippen molar-refractivity contribution in [3.05, 3.63) is 0 Å². The Morgan fingerprint density at radius 2 is 1.75 bits per heavy atom. The molecule has 4 aliphatic carbocycles. The number of hydrogen-bond donors (Lipinski definition) is 2. The summed E-state index contributed by atoms with van der Waals surface area (Å²) in [6.45, 7) is 7.02. The third-order valence-electron chi connectivity index (χ3n) is 10.2. The van der Waals surface area contributed by atoms with Crippen LogP contribution in [0.5, 0.6) is 0 Å². The van der Waals surface area contributed by atoms with Crippen molar-refractivity contribution in [2.24, 2.45) is 46.3 Å². The Hall–Kier alpha value is -0.640. The molecule has 0 aliphatic heterocycles. The van der Waals surface area contributed by atoms with Crippen molar-refractivity contribution >= 4 is 5.97 Å². The molecule has 0 saturated heterocycles. The molecule has 2 N–H and O–H groups in total. The van der Waals surface area contributed by atoms with Crippen molar-refractivity contribution in [1.82, 2.24) is 0 Å². The van der Waals surface area contributed by atoms with Crippen LogP contribution in [0.3, 0.4) is 0 Å². The van der Waals surface area contributed by atoms with Crippen LogP contribution in [0.1, 0.15) is 85.0 Å². The lowest BCUT2D eigenvalue weighted by Crippen LogP contribution is -2.57. The highest BCUT2D eigenvalue weighted by Gasteiger charge is 2.63. The van der Waals surface area contributed by atoms with Gasteiger partial charge in [0.1, 0.15) is 6.17 Å². The van der Waals surface area contributed by atoms with Crippen molar-refractivity contribution in [3.63, 3.8) is 0 Å². The minimum atomic E-state index is -0.730. The summed E-state index contributed by atoms with van der Waals surface area (Å²) in [6.07, 6.45) is 7.91. The first-order valence-electron chi connectivity index (χ1n) is 11.7. The third kappa shape index (κ3) is 3.13. The van der Waals surface area contributed by atoms with Gasteiger partial charge in [-0.3, -0.25) is 4.79 Å². The quantitative estimate of drug-likeness (QED) is 0.666. The van der Waals surface area contributed by atoms with Crippen molar-refractivity contribution in [2.75, 3.05) is 0 Å². The van der Waals surface area contributed by atoms with E-state index in [4.69, 9.17) is 5.11 Å². The Morgan fingerprint density at radius 3 is 2.46 bits per heavy atom. The molecule has 0 aromatic rings. The van der Waals surface area contributed by atoms with Gasteiger partial charge in [-0.15, -0.1) is 0 Å². The number of halogens is 1. The maximum atomic E-state index is 15.6. The van der Waals surface area contributed by atoms with Gasteiger partial charge in [0.15, 0.2) is 0 Å². The Bertz CT molecular complexity index is 609. The predicted molar refractivity (Wildman–Crippen MR) is 108 cm³/mol. The van der Waals surface area contributed by atoms with E-state index >= 15 is 4.39 Å². The maximum absolute atomic E-state index is 15.6. The van der Waals surface area contributed by atoms with Gasteiger partial charge >= 0.3 is 5.97 Å². The van der Waals surface area contributed by atoms with E-state index in [1.807, 2.05) is 0 Å². The maximum Gasteiger partial charge on any atom is 0.303 e. The monoisotopic (exact) mass is 394 g/mol. The largest absolute Gasteiger partial charge is 0.481 e. The van der Waals surface area contributed by atoms with Crippen molar-refractivity contribution in [3.8, 4) is 0 Å². The van der Waals surface area contributed by atoms with Crippen molar-refractivity contribution < 1.29 is 19.4 Å². The van der Waals surface area contributed by atoms with E-state index in [9.17, 15) is 9.90 Å². The van der Waals surface area contributed by atoms with Gasteiger partial charge in [-0.05, 0) is 104 Å². The van der Waals surface area contributed by atoms with Crippen LogP contribution in [0, 0.1) is 46.3 Å². The van der Waals surface area contributed by atoms with E-state index in [2.05, 4.69) is 20.8 Å². The van der Waals surface area contributed by atoms with Gasteiger partial charge in [-0.25, -0.2) is 4.39 Å². The van der Waals surface area contributed by atoms with E-state index in [0.717, 1.165) is 44.9 Å². The molecule has 0 bridgehead atoms. The van der Waals surface area contributed by atoms with Crippen molar-refractivity contribution in [2.45, 2.75) is 97.3 Å². The lowest BCUT2D eigenvalue weighted by molar-refractivity contribution is -0.157. The van der Waals surface area contributed by atoms with E-state index in [1.165, 1.54) is 6.42 Å². The predicted octanol–water partition coefficient (Wildman–Crippen LogP) is 5.46. The number of carbonyl (C=O) groups is 1. The number of carboxylic acid groups (broad SMARTS) is 1. The zero-order valence-electron chi connectivity index (χ0n) is 17.9.